The summed E-state index contributed by atoms with van der Waals surface area (Å²) in [5.41, 5.74) is -0.539. The molecule has 0 heterocycles. The highest BCUT2D eigenvalue weighted by molar-refractivity contribution is 7.86. The minimum atomic E-state index is -5.13. The number of esters is 1. The van der Waals surface area contributed by atoms with Gasteiger partial charge < -0.3 is 4.74 Å². The Morgan fingerprint density at radius 3 is 2.38 bits per heavy atom. The van der Waals surface area contributed by atoms with Gasteiger partial charge in [0.1, 0.15) is 4.90 Å². The Labute approximate surface area is 101 Å². The van der Waals surface area contributed by atoms with Gasteiger partial charge in [-0.1, -0.05) is 23.2 Å². The molecule has 1 aromatic rings. The monoisotopic (exact) mass is 286 g/mol. The van der Waals surface area contributed by atoms with Gasteiger partial charge in [-0.3, -0.25) is 0 Å². The molecule has 1 aromatic carbocycles. The summed E-state index contributed by atoms with van der Waals surface area (Å²) in [4.78, 5) is 10.3. The topological polar surface area (TPSA) is 60.4 Å². The zero-order chi connectivity index (χ0) is 12.5. The van der Waals surface area contributed by atoms with Gasteiger partial charge in [0, 0.05) is 5.02 Å². The summed E-state index contributed by atoms with van der Waals surface area (Å²) in [5, 5.41) is -0.479. The van der Waals surface area contributed by atoms with Crippen molar-refractivity contribution in [2.45, 2.75) is 4.90 Å². The van der Waals surface area contributed by atoms with Gasteiger partial charge in [0.2, 0.25) is 0 Å². The van der Waals surface area contributed by atoms with Crippen LogP contribution in [0.15, 0.2) is 17.0 Å². The highest BCUT2D eigenvalue weighted by atomic mass is 35.5. The van der Waals surface area contributed by atoms with Crippen molar-refractivity contribution in [3.05, 3.63) is 27.7 Å². The van der Waals surface area contributed by atoms with E-state index in [9.17, 15) is 17.1 Å². The van der Waals surface area contributed by atoms with Crippen molar-refractivity contribution < 1.29 is 21.8 Å². The number of methoxy groups -OCH3 is 1. The second kappa shape index (κ2) is 4.57. The number of benzene rings is 1. The maximum Gasteiger partial charge on any atom is 0.339 e. The fraction of sp³-hybridized carbons (Fsp3) is 0.125. The van der Waals surface area contributed by atoms with Crippen molar-refractivity contribution in [3.8, 4) is 0 Å². The molecule has 4 nitrogen and oxygen atoms in total. The molecule has 0 aliphatic rings. The van der Waals surface area contributed by atoms with Crippen LogP contribution in [0, 0.1) is 0 Å². The highest BCUT2D eigenvalue weighted by Gasteiger charge is 2.26. The molecular weight excluding hydrogens is 282 g/mol. The lowest BCUT2D eigenvalue weighted by Crippen LogP contribution is -2.08. The van der Waals surface area contributed by atoms with Crippen LogP contribution >= 0.6 is 23.2 Å². The molecule has 0 N–H and O–H groups in total. The van der Waals surface area contributed by atoms with E-state index < -0.39 is 31.7 Å². The first kappa shape index (κ1) is 13.2. The van der Waals surface area contributed by atoms with Crippen LogP contribution in [0.5, 0.6) is 0 Å². The second-order valence-corrected chi connectivity index (χ2v) is 4.82. The van der Waals surface area contributed by atoms with Crippen LogP contribution in [-0.4, -0.2) is 21.5 Å². The number of rotatable bonds is 2. The number of hydrogen-bond acceptors (Lipinski definition) is 4. The fourth-order valence-corrected chi connectivity index (χ4v) is 2.54. The summed E-state index contributed by atoms with van der Waals surface area (Å²) in [7, 11) is -4.11. The van der Waals surface area contributed by atoms with Crippen LogP contribution in [0.4, 0.5) is 3.89 Å². The average molecular weight is 287 g/mol. The standard InChI is InChI=1S/C8H5Cl2FO4S/c1-15-8(12)5-2-4(9)3-6(10)7(5)16(11,13)14/h2-3H,1H3. The Balaban J connectivity index is 3.64. The van der Waals surface area contributed by atoms with E-state index in [2.05, 4.69) is 4.74 Å². The molecule has 0 fully saturated rings. The first-order valence-corrected chi connectivity index (χ1v) is 5.93. The minimum absolute atomic E-state index is 0.00204. The average Bonchev–Trinajstić information content (AvgIpc) is 2.12. The first-order valence-electron chi connectivity index (χ1n) is 3.79. The van der Waals surface area contributed by atoms with E-state index >= 15 is 0 Å². The van der Waals surface area contributed by atoms with Gasteiger partial charge in [-0.2, -0.15) is 8.42 Å². The summed E-state index contributed by atoms with van der Waals surface area (Å²) < 4.78 is 38.8. The van der Waals surface area contributed by atoms with E-state index in [1.54, 1.807) is 0 Å². The third kappa shape index (κ3) is 2.63. The molecule has 0 aliphatic carbocycles. The van der Waals surface area contributed by atoms with Crippen molar-refractivity contribution in [1.29, 1.82) is 0 Å². The first-order chi connectivity index (χ1) is 7.27. The molecule has 0 amide bonds. The molecule has 0 spiro atoms. The van der Waals surface area contributed by atoms with Crippen LogP contribution in [0.3, 0.4) is 0 Å². The SMILES string of the molecule is COC(=O)c1cc(Cl)cc(Cl)c1S(=O)(=O)F. The molecule has 0 unspecified atom stereocenters. The third-order valence-corrected chi connectivity index (χ3v) is 3.21. The number of ether oxygens (including phenoxy) is 1. The van der Waals surface area contributed by atoms with E-state index in [-0.39, 0.29) is 5.02 Å². The van der Waals surface area contributed by atoms with Gasteiger partial charge in [0.05, 0.1) is 17.7 Å². The van der Waals surface area contributed by atoms with Gasteiger partial charge in [0.25, 0.3) is 0 Å². The molecule has 8 heteroatoms. The number of carbonyl (C=O) groups is 1. The Bertz CT molecular complexity index is 541. The zero-order valence-electron chi connectivity index (χ0n) is 7.83. The van der Waals surface area contributed by atoms with E-state index in [1.807, 2.05) is 0 Å². The fourth-order valence-electron chi connectivity index (χ4n) is 1.07. The zero-order valence-corrected chi connectivity index (χ0v) is 10.2. The van der Waals surface area contributed by atoms with Crippen LogP contribution < -0.4 is 0 Å². The summed E-state index contributed by atoms with van der Waals surface area (Å²) >= 11 is 11.1. The summed E-state index contributed by atoms with van der Waals surface area (Å²) in [6.07, 6.45) is 0. The largest absolute Gasteiger partial charge is 0.465 e. The molecule has 0 radical (unpaired) electrons. The number of carbonyl (C=O) groups excluding carboxylic acids is 1. The van der Waals surface area contributed by atoms with Gasteiger partial charge in [-0.05, 0) is 12.1 Å². The number of hydrogen-bond donors (Lipinski definition) is 0. The van der Waals surface area contributed by atoms with Gasteiger partial charge >= 0.3 is 16.2 Å². The maximum absolute atomic E-state index is 12.9. The van der Waals surface area contributed by atoms with Crippen molar-refractivity contribution in [2.75, 3.05) is 7.11 Å². The lowest BCUT2D eigenvalue weighted by atomic mass is 10.2. The summed E-state index contributed by atoms with van der Waals surface area (Å²) in [6, 6.07) is 1.98. The normalized spacial score (nSPS) is 11.2. The van der Waals surface area contributed by atoms with Crippen molar-refractivity contribution in [2.24, 2.45) is 0 Å². The Morgan fingerprint density at radius 1 is 1.38 bits per heavy atom. The van der Waals surface area contributed by atoms with Crippen molar-refractivity contribution >= 4 is 39.4 Å². The van der Waals surface area contributed by atoms with Crippen LogP contribution in [0.25, 0.3) is 0 Å². The lowest BCUT2D eigenvalue weighted by molar-refractivity contribution is 0.0596. The molecule has 88 valence electrons. The Hall–Kier alpha value is -0.850. The quantitative estimate of drug-likeness (QED) is 0.619. The molecule has 0 saturated heterocycles. The van der Waals surface area contributed by atoms with Crippen LogP contribution in [-0.2, 0) is 15.0 Å². The lowest BCUT2D eigenvalue weighted by Gasteiger charge is -2.06. The Morgan fingerprint density at radius 2 is 1.94 bits per heavy atom. The molecular formula is C8H5Cl2FO4S. The van der Waals surface area contributed by atoms with E-state index in [0.717, 1.165) is 19.2 Å². The number of halogens is 3. The molecule has 0 bridgehead atoms. The van der Waals surface area contributed by atoms with E-state index in [4.69, 9.17) is 23.2 Å². The summed E-state index contributed by atoms with van der Waals surface area (Å²) in [5.74, 6) is -1.04. The molecule has 16 heavy (non-hydrogen) atoms. The van der Waals surface area contributed by atoms with E-state index in [0.29, 0.717) is 0 Å². The van der Waals surface area contributed by atoms with Crippen molar-refractivity contribution in [1.82, 2.24) is 0 Å². The Kier molecular flexibility index (Phi) is 3.77. The highest BCUT2D eigenvalue weighted by Crippen LogP contribution is 2.31. The van der Waals surface area contributed by atoms with Gasteiger partial charge in [-0.15, -0.1) is 3.89 Å². The van der Waals surface area contributed by atoms with Crippen LogP contribution in [0.1, 0.15) is 10.4 Å². The van der Waals surface area contributed by atoms with Crippen molar-refractivity contribution in [3.63, 3.8) is 0 Å². The molecule has 1 rings (SSSR count). The maximum atomic E-state index is 12.9. The van der Waals surface area contributed by atoms with Crippen LogP contribution in [0.2, 0.25) is 10.0 Å². The summed E-state index contributed by atoms with van der Waals surface area (Å²) in [6.45, 7) is 0. The minimum Gasteiger partial charge on any atom is -0.465 e. The van der Waals surface area contributed by atoms with E-state index in [1.165, 1.54) is 0 Å². The van der Waals surface area contributed by atoms with Gasteiger partial charge in [-0.25, -0.2) is 4.79 Å². The molecule has 0 saturated carbocycles. The van der Waals surface area contributed by atoms with Gasteiger partial charge in [0.15, 0.2) is 0 Å². The smallest absolute Gasteiger partial charge is 0.339 e. The molecule has 0 aromatic heterocycles. The second-order valence-electron chi connectivity index (χ2n) is 2.69. The molecule has 0 aliphatic heterocycles. The predicted molar refractivity (Wildman–Crippen MR) is 56.1 cm³/mol. The predicted octanol–water partition coefficient (Wildman–Crippen LogP) is 2.44. The third-order valence-electron chi connectivity index (χ3n) is 1.66. The molecule has 0 atom stereocenters.